The van der Waals surface area contributed by atoms with Crippen molar-refractivity contribution in [2.75, 3.05) is 46.4 Å². The fourth-order valence-corrected chi connectivity index (χ4v) is 7.46. The van der Waals surface area contributed by atoms with Crippen LogP contribution in [0.5, 0.6) is 0 Å². The molecule has 2 aliphatic rings. The fourth-order valence-electron chi connectivity index (χ4n) is 6.22. The molecule has 1 aliphatic heterocycles. The van der Waals surface area contributed by atoms with Gasteiger partial charge in [0.05, 0.1) is 11.5 Å². The normalized spacial score (nSPS) is 18.5. The summed E-state index contributed by atoms with van der Waals surface area (Å²) in [6, 6.07) is 19.1. The molecule has 0 aromatic heterocycles. The number of likely N-dealkylation sites (N-methyl/N-ethyl adjacent to an activating group) is 1. The molecular weight excluding hydrogens is 522 g/mol. The van der Waals surface area contributed by atoms with Crippen molar-refractivity contribution in [2.45, 2.75) is 75.1 Å². The van der Waals surface area contributed by atoms with Crippen molar-refractivity contribution in [3.63, 3.8) is 0 Å². The molecule has 4 rings (SSSR count). The molecule has 1 amide bonds. The number of likely N-dealkylation sites (tertiary alicyclic amines) is 1. The molecule has 0 unspecified atom stereocenters. The first-order chi connectivity index (χ1) is 19.4. The highest BCUT2D eigenvalue weighted by molar-refractivity contribution is 7.89. The van der Waals surface area contributed by atoms with E-state index in [2.05, 4.69) is 17.0 Å². The maximum Gasteiger partial charge on any atom is 0.410 e. The average molecular weight is 570 g/mol. The van der Waals surface area contributed by atoms with Gasteiger partial charge < -0.3 is 14.5 Å². The van der Waals surface area contributed by atoms with Gasteiger partial charge in [-0.3, -0.25) is 0 Å². The topological polar surface area (TPSA) is 70.2 Å². The first-order valence-electron chi connectivity index (χ1n) is 15.1. The molecule has 0 spiro atoms. The minimum absolute atomic E-state index is 0.0873. The van der Waals surface area contributed by atoms with E-state index < -0.39 is 10.0 Å². The molecule has 0 bridgehead atoms. The first kappa shape index (κ1) is 30.5. The lowest BCUT2D eigenvalue weighted by atomic mass is 9.90. The van der Waals surface area contributed by atoms with E-state index in [0.717, 1.165) is 44.5 Å². The summed E-state index contributed by atoms with van der Waals surface area (Å²) in [6.07, 6.45) is 8.74. The fraction of sp³-hybridized carbons (Fsp3) is 0.594. The van der Waals surface area contributed by atoms with Crippen LogP contribution in [0, 0.1) is 5.92 Å². The zero-order chi connectivity index (χ0) is 28.4. The predicted molar refractivity (Wildman–Crippen MR) is 160 cm³/mol. The molecule has 2 aromatic carbocycles. The molecule has 0 N–H and O–H groups in total. The molecule has 2 fully saturated rings. The Morgan fingerprint density at radius 1 is 0.950 bits per heavy atom. The van der Waals surface area contributed by atoms with Gasteiger partial charge in [0.1, 0.15) is 0 Å². The Kier molecular flexibility index (Phi) is 11.4. The maximum atomic E-state index is 13.2. The van der Waals surface area contributed by atoms with Crippen molar-refractivity contribution >= 4 is 16.1 Å². The standard InChI is InChI=1S/C32H47N3O4S/c1-3-35(32(36)39-26-27-13-7-4-8-14-27)30-20-23-34(24-21-30)22-19-29(28-15-9-5-10-16-28)25-33(2)40(37,38)31-17-11-6-12-18-31/h5-6,9-12,15-18,27,29-30H,3-4,7-8,13-14,19-26H2,1-2H3/t29-/m1/s1. The SMILES string of the molecule is CCN(C(=O)OCC1CCCCC1)C1CCN(CC[C@H](CN(C)S(=O)(=O)c2ccccc2)c2ccccc2)CC1. The van der Waals surface area contributed by atoms with E-state index in [1.165, 1.54) is 36.4 Å². The number of carbonyl (C=O) groups is 1. The van der Waals surface area contributed by atoms with Crippen LogP contribution in [0.2, 0.25) is 0 Å². The van der Waals surface area contributed by atoms with E-state index in [1.807, 2.05) is 36.1 Å². The lowest BCUT2D eigenvalue weighted by molar-refractivity contribution is 0.0534. The number of nitrogens with zero attached hydrogens (tertiary/aromatic N) is 3. The molecule has 1 atom stereocenters. The van der Waals surface area contributed by atoms with Gasteiger partial charge in [0, 0.05) is 39.3 Å². The van der Waals surface area contributed by atoms with Crippen molar-refractivity contribution in [3.05, 3.63) is 66.2 Å². The third-order valence-electron chi connectivity index (χ3n) is 8.73. The minimum Gasteiger partial charge on any atom is -0.449 e. The van der Waals surface area contributed by atoms with Crippen LogP contribution in [0.3, 0.4) is 0 Å². The Labute approximate surface area is 241 Å². The van der Waals surface area contributed by atoms with Gasteiger partial charge in [-0.25, -0.2) is 17.5 Å². The molecule has 40 heavy (non-hydrogen) atoms. The third kappa shape index (κ3) is 8.30. The van der Waals surface area contributed by atoms with Gasteiger partial charge in [0.15, 0.2) is 0 Å². The van der Waals surface area contributed by atoms with Crippen LogP contribution in [0.25, 0.3) is 0 Å². The summed E-state index contributed by atoms with van der Waals surface area (Å²) in [5, 5.41) is 0. The Bertz CT molecular complexity index is 1130. The number of hydrogen-bond donors (Lipinski definition) is 0. The molecule has 2 aromatic rings. The number of hydrogen-bond acceptors (Lipinski definition) is 5. The lowest BCUT2D eigenvalue weighted by Gasteiger charge is -2.38. The molecule has 8 heteroatoms. The number of amides is 1. The van der Waals surface area contributed by atoms with Gasteiger partial charge in [-0.05, 0) is 75.1 Å². The Morgan fingerprint density at radius 2 is 1.57 bits per heavy atom. The highest BCUT2D eigenvalue weighted by atomic mass is 32.2. The van der Waals surface area contributed by atoms with Gasteiger partial charge >= 0.3 is 6.09 Å². The molecule has 220 valence electrons. The molecular formula is C32H47N3O4S. The van der Waals surface area contributed by atoms with Gasteiger partial charge in [0.25, 0.3) is 0 Å². The highest BCUT2D eigenvalue weighted by Gasteiger charge is 2.30. The van der Waals surface area contributed by atoms with Crippen molar-refractivity contribution < 1.29 is 17.9 Å². The molecule has 1 saturated carbocycles. The van der Waals surface area contributed by atoms with E-state index in [1.54, 1.807) is 31.3 Å². The van der Waals surface area contributed by atoms with E-state index in [0.29, 0.717) is 30.5 Å². The zero-order valence-corrected chi connectivity index (χ0v) is 25.1. The summed E-state index contributed by atoms with van der Waals surface area (Å²) in [7, 11) is -1.88. The smallest absolute Gasteiger partial charge is 0.410 e. The second kappa shape index (κ2) is 15.0. The summed E-state index contributed by atoms with van der Waals surface area (Å²) in [5.41, 5.74) is 1.16. The van der Waals surface area contributed by atoms with Crippen LogP contribution in [0.1, 0.15) is 69.8 Å². The Morgan fingerprint density at radius 3 is 2.20 bits per heavy atom. The van der Waals surface area contributed by atoms with Crippen LogP contribution in [0.15, 0.2) is 65.6 Å². The van der Waals surface area contributed by atoms with Gasteiger partial charge in [-0.15, -0.1) is 0 Å². The van der Waals surface area contributed by atoms with Gasteiger partial charge in [0.2, 0.25) is 10.0 Å². The summed E-state index contributed by atoms with van der Waals surface area (Å²) in [6.45, 7) is 6.44. The first-order valence-corrected chi connectivity index (χ1v) is 16.5. The molecule has 1 aliphatic carbocycles. The van der Waals surface area contributed by atoms with Crippen LogP contribution < -0.4 is 0 Å². The van der Waals surface area contributed by atoms with Crippen molar-refractivity contribution in [1.29, 1.82) is 0 Å². The summed E-state index contributed by atoms with van der Waals surface area (Å²) >= 11 is 0. The zero-order valence-electron chi connectivity index (χ0n) is 24.3. The molecule has 0 radical (unpaired) electrons. The Hall–Kier alpha value is -2.42. The number of ether oxygens (including phenoxy) is 1. The van der Waals surface area contributed by atoms with Crippen LogP contribution in [0.4, 0.5) is 4.79 Å². The highest BCUT2D eigenvalue weighted by Crippen LogP contribution is 2.27. The molecule has 1 heterocycles. The van der Waals surface area contributed by atoms with Crippen molar-refractivity contribution in [1.82, 2.24) is 14.1 Å². The Balaban J connectivity index is 1.29. The second-order valence-electron chi connectivity index (χ2n) is 11.4. The van der Waals surface area contributed by atoms with Crippen molar-refractivity contribution in [3.8, 4) is 0 Å². The number of benzene rings is 2. The molecule has 7 nitrogen and oxygen atoms in total. The van der Waals surface area contributed by atoms with Crippen molar-refractivity contribution in [2.24, 2.45) is 5.92 Å². The summed E-state index contributed by atoms with van der Waals surface area (Å²) < 4.78 is 33.6. The number of rotatable bonds is 12. The molecule has 1 saturated heterocycles. The second-order valence-corrected chi connectivity index (χ2v) is 13.5. The van der Waals surface area contributed by atoms with E-state index >= 15 is 0 Å². The summed E-state index contributed by atoms with van der Waals surface area (Å²) in [5.74, 6) is 0.613. The van der Waals surface area contributed by atoms with E-state index in [9.17, 15) is 13.2 Å². The maximum absolute atomic E-state index is 13.2. The summed E-state index contributed by atoms with van der Waals surface area (Å²) in [4.78, 5) is 17.6. The number of sulfonamides is 1. The predicted octanol–water partition coefficient (Wildman–Crippen LogP) is 5.98. The van der Waals surface area contributed by atoms with E-state index in [-0.39, 0.29) is 18.1 Å². The van der Waals surface area contributed by atoms with E-state index in [4.69, 9.17) is 4.74 Å². The number of piperidine rings is 1. The lowest BCUT2D eigenvalue weighted by Crippen LogP contribution is -2.48. The average Bonchev–Trinajstić information content (AvgIpc) is 3.00. The number of carbonyl (C=O) groups excluding carboxylic acids is 1. The van der Waals surface area contributed by atoms with Crippen LogP contribution in [-0.2, 0) is 14.8 Å². The van der Waals surface area contributed by atoms with Crippen LogP contribution >= 0.6 is 0 Å². The minimum atomic E-state index is -3.55. The monoisotopic (exact) mass is 569 g/mol. The van der Waals surface area contributed by atoms with Gasteiger partial charge in [-0.2, -0.15) is 0 Å². The van der Waals surface area contributed by atoms with Gasteiger partial charge in [-0.1, -0.05) is 67.8 Å². The quantitative estimate of drug-likeness (QED) is 0.314. The third-order valence-corrected chi connectivity index (χ3v) is 10.6. The van der Waals surface area contributed by atoms with Crippen LogP contribution in [-0.4, -0.2) is 81.0 Å². The largest absolute Gasteiger partial charge is 0.449 e.